The molecule has 0 aliphatic heterocycles. The summed E-state index contributed by atoms with van der Waals surface area (Å²) in [5.41, 5.74) is -0.562. The van der Waals surface area contributed by atoms with Gasteiger partial charge in [0.15, 0.2) is 11.2 Å². The van der Waals surface area contributed by atoms with Gasteiger partial charge in [0.25, 0.3) is 0 Å². The number of aryl methyl sites for hydroxylation is 1. The Hall–Kier alpha value is -1.73. The van der Waals surface area contributed by atoms with Gasteiger partial charge in [0.05, 0.1) is 34.2 Å². The van der Waals surface area contributed by atoms with Crippen LogP contribution in [-0.4, -0.2) is 16.9 Å². The van der Waals surface area contributed by atoms with E-state index in [1.807, 2.05) is 13.0 Å². The van der Waals surface area contributed by atoms with Gasteiger partial charge in [-0.2, -0.15) is 5.26 Å². The van der Waals surface area contributed by atoms with Gasteiger partial charge in [0, 0.05) is 17.0 Å². The number of rotatable bonds is 4. The molecule has 130 valence electrons. The van der Waals surface area contributed by atoms with Crippen molar-refractivity contribution in [3.63, 3.8) is 0 Å². The van der Waals surface area contributed by atoms with Gasteiger partial charge in [-0.25, -0.2) is 4.98 Å². The summed E-state index contributed by atoms with van der Waals surface area (Å²) in [6, 6.07) is 5.09. The number of nitriles is 1. The van der Waals surface area contributed by atoms with Crippen molar-refractivity contribution < 1.29 is 83.3 Å². The smallest absolute Gasteiger partial charge is 0.543 e. The number of carbonyl (C=O) groups is 2. The van der Waals surface area contributed by atoms with Crippen LogP contribution in [0.25, 0.3) is 21.9 Å². The van der Waals surface area contributed by atoms with Crippen molar-refractivity contribution in [1.29, 1.82) is 5.26 Å². The van der Waals surface area contributed by atoms with E-state index in [0.717, 1.165) is 12.1 Å². The van der Waals surface area contributed by atoms with E-state index in [9.17, 15) is 29.9 Å². The fourth-order valence-corrected chi connectivity index (χ4v) is 2.83. The minimum absolute atomic E-state index is 0. The van der Waals surface area contributed by atoms with E-state index in [0.29, 0.717) is 18.4 Å². The summed E-state index contributed by atoms with van der Waals surface area (Å²) in [5.74, 6) is -3.85. The van der Waals surface area contributed by atoms with Gasteiger partial charge < -0.3 is 24.2 Å². The first-order valence-electron chi connectivity index (χ1n) is 7.64. The second-order valence-electron chi connectivity index (χ2n) is 5.59. The summed E-state index contributed by atoms with van der Waals surface area (Å²) >= 11 is 0. The summed E-state index contributed by atoms with van der Waals surface area (Å²) < 4.78 is 5.32. The summed E-state index contributed by atoms with van der Waals surface area (Å²) in [4.78, 5) is 38.6. The molecule has 10 heteroatoms. The maximum atomic E-state index is 12.3. The van der Waals surface area contributed by atoms with Crippen molar-refractivity contribution in [2.45, 2.75) is 19.8 Å². The summed E-state index contributed by atoms with van der Waals surface area (Å²) in [7, 11) is 0. The Balaban J connectivity index is 0.00000196. The molecular formula is C18H10N2Na2O6. The molecule has 0 saturated carbocycles. The second-order valence-corrected chi connectivity index (χ2v) is 5.59. The zero-order chi connectivity index (χ0) is 19.0. The Bertz CT molecular complexity index is 1200. The average Bonchev–Trinajstić information content (AvgIpc) is 2.61. The first kappa shape index (κ1) is 24.3. The number of aromatic carboxylic acids is 2. The van der Waals surface area contributed by atoms with Crippen LogP contribution in [0.5, 0.6) is 0 Å². The van der Waals surface area contributed by atoms with Crippen molar-refractivity contribution in [1.82, 2.24) is 4.98 Å². The number of hydrogen-bond donors (Lipinski definition) is 0. The molecule has 0 radical (unpaired) electrons. The van der Waals surface area contributed by atoms with E-state index >= 15 is 0 Å². The average molecular weight is 396 g/mol. The first-order valence-corrected chi connectivity index (χ1v) is 7.64. The molecule has 0 aliphatic carbocycles. The number of nitrogens with zero attached hydrogens (tertiary/aromatic N) is 2. The Labute approximate surface area is 202 Å². The zero-order valence-corrected chi connectivity index (χ0v) is 19.5. The van der Waals surface area contributed by atoms with Gasteiger partial charge in [-0.1, -0.05) is 13.3 Å². The third-order valence-corrected chi connectivity index (χ3v) is 3.92. The van der Waals surface area contributed by atoms with E-state index in [2.05, 4.69) is 4.98 Å². The standard InChI is InChI=1S/C18H12N2O6.2Na/c1-2-3-9-15-10(8(7-19)4-12(20-15)17(22)23)5-11-13(21)6-14(18(24)25)26-16(9)11;;/h4-6H,2-3H2,1H3,(H,22,23)(H,24,25);;/q;2*+1/p-2. The molecule has 3 rings (SSSR count). The Kier molecular flexibility index (Phi) is 8.38. The van der Waals surface area contributed by atoms with Gasteiger partial charge in [-0.3, -0.25) is 4.79 Å². The number of carboxylic acid groups (broad SMARTS) is 2. The SMILES string of the molecule is CCCc1c2nc(C(=O)[O-])cc(C#N)c2cc2c(=O)cc(C(=O)[O-])oc12.[Na+].[Na+]. The van der Waals surface area contributed by atoms with Gasteiger partial charge in [0.2, 0.25) is 0 Å². The Morgan fingerprint density at radius 2 is 1.82 bits per heavy atom. The molecule has 1 aromatic carbocycles. The minimum Gasteiger partial charge on any atom is -0.543 e. The number of fused-ring (bicyclic) bond motifs is 2. The number of pyridine rings is 1. The number of benzene rings is 1. The van der Waals surface area contributed by atoms with Gasteiger partial charge in [-0.05, 0) is 18.6 Å². The van der Waals surface area contributed by atoms with E-state index in [1.165, 1.54) is 6.07 Å². The molecule has 2 heterocycles. The van der Waals surface area contributed by atoms with Crippen molar-refractivity contribution >= 4 is 33.8 Å². The molecular weight excluding hydrogens is 386 g/mol. The summed E-state index contributed by atoms with van der Waals surface area (Å²) in [5, 5.41) is 32.0. The van der Waals surface area contributed by atoms with Crippen LogP contribution in [0.15, 0.2) is 27.4 Å². The van der Waals surface area contributed by atoms with Crippen LogP contribution in [0.2, 0.25) is 0 Å². The molecule has 8 nitrogen and oxygen atoms in total. The van der Waals surface area contributed by atoms with Crippen molar-refractivity contribution in [3.05, 3.63) is 51.0 Å². The molecule has 3 aromatic rings. The first-order chi connectivity index (χ1) is 12.4. The van der Waals surface area contributed by atoms with Crippen LogP contribution < -0.4 is 74.8 Å². The molecule has 2 aromatic heterocycles. The number of hydrogen-bond acceptors (Lipinski definition) is 8. The molecule has 0 N–H and O–H groups in total. The monoisotopic (exact) mass is 396 g/mol. The van der Waals surface area contributed by atoms with E-state index in [1.54, 1.807) is 0 Å². The fourth-order valence-electron chi connectivity index (χ4n) is 2.83. The van der Waals surface area contributed by atoms with Crippen molar-refractivity contribution in [3.8, 4) is 6.07 Å². The second kappa shape index (κ2) is 9.65. The normalized spacial score (nSPS) is 10.0. The van der Waals surface area contributed by atoms with Crippen LogP contribution in [0.1, 0.15) is 45.5 Å². The molecule has 0 amide bonds. The molecule has 0 bridgehead atoms. The largest absolute Gasteiger partial charge is 1.00 e. The van der Waals surface area contributed by atoms with E-state index in [-0.39, 0.29) is 86.6 Å². The van der Waals surface area contributed by atoms with Gasteiger partial charge in [0.1, 0.15) is 11.6 Å². The molecule has 28 heavy (non-hydrogen) atoms. The summed E-state index contributed by atoms with van der Waals surface area (Å²) in [6.07, 6.45) is 0.897. The minimum atomic E-state index is -1.65. The zero-order valence-electron chi connectivity index (χ0n) is 15.5. The number of carboxylic acids is 2. The third-order valence-electron chi connectivity index (χ3n) is 3.92. The Morgan fingerprint density at radius 1 is 1.14 bits per heavy atom. The molecule has 0 saturated heterocycles. The molecule has 0 spiro atoms. The molecule has 0 aliphatic rings. The van der Waals surface area contributed by atoms with Gasteiger partial charge >= 0.3 is 59.1 Å². The van der Waals surface area contributed by atoms with Crippen LogP contribution in [0, 0.1) is 11.3 Å². The van der Waals surface area contributed by atoms with Crippen LogP contribution >= 0.6 is 0 Å². The van der Waals surface area contributed by atoms with Crippen molar-refractivity contribution in [2.24, 2.45) is 0 Å². The topological polar surface area (TPSA) is 147 Å². The predicted octanol–water partition coefficient (Wildman–Crippen LogP) is -6.10. The number of carbonyl (C=O) groups excluding carboxylic acids is 2. The van der Waals surface area contributed by atoms with Crippen molar-refractivity contribution in [2.75, 3.05) is 0 Å². The maximum Gasteiger partial charge on any atom is 1.00 e. The van der Waals surface area contributed by atoms with Crippen LogP contribution in [0.3, 0.4) is 0 Å². The third kappa shape index (κ3) is 4.30. The fraction of sp³-hybridized carbons (Fsp3) is 0.167. The molecule has 0 atom stereocenters. The summed E-state index contributed by atoms with van der Waals surface area (Å²) in [6.45, 7) is 1.83. The van der Waals surface area contributed by atoms with Crippen LogP contribution in [0.4, 0.5) is 0 Å². The van der Waals surface area contributed by atoms with E-state index in [4.69, 9.17) is 4.42 Å². The molecule has 0 fully saturated rings. The maximum absolute atomic E-state index is 12.3. The van der Waals surface area contributed by atoms with Crippen LogP contribution in [-0.2, 0) is 6.42 Å². The molecule has 0 unspecified atom stereocenters. The van der Waals surface area contributed by atoms with E-state index < -0.39 is 28.8 Å². The predicted molar refractivity (Wildman–Crippen MR) is 85.2 cm³/mol. The number of aromatic nitrogens is 1. The van der Waals surface area contributed by atoms with Gasteiger partial charge in [-0.15, -0.1) is 0 Å². The quantitative estimate of drug-likeness (QED) is 0.313. The Morgan fingerprint density at radius 3 is 2.36 bits per heavy atom.